The zero-order valence-electron chi connectivity index (χ0n) is 18.1. The number of hydrogen-bond acceptors (Lipinski definition) is 1. The highest BCUT2D eigenvalue weighted by Crippen LogP contribution is 2.44. The summed E-state index contributed by atoms with van der Waals surface area (Å²) < 4.78 is 0. The Hall–Kier alpha value is -1.16. The van der Waals surface area contributed by atoms with Crippen LogP contribution in [0, 0.1) is 23.7 Å². The van der Waals surface area contributed by atoms with Gasteiger partial charge in [-0.3, -0.25) is 0 Å². The Morgan fingerprint density at radius 2 is 1.70 bits per heavy atom. The molecule has 2 aliphatic carbocycles. The topological polar surface area (TPSA) is 12.0 Å². The second-order valence-electron chi connectivity index (χ2n) is 9.06. The van der Waals surface area contributed by atoms with E-state index in [0.717, 1.165) is 17.8 Å². The Morgan fingerprint density at radius 1 is 0.963 bits per heavy atom. The van der Waals surface area contributed by atoms with Gasteiger partial charge in [0.25, 0.3) is 0 Å². The van der Waals surface area contributed by atoms with Crippen molar-refractivity contribution >= 4 is 0 Å². The predicted octanol–water partition coefficient (Wildman–Crippen LogP) is 7.56. The van der Waals surface area contributed by atoms with Crippen molar-refractivity contribution in [3.8, 4) is 0 Å². The van der Waals surface area contributed by atoms with Gasteiger partial charge in [-0.15, -0.1) is 0 Å². The molecule has 0 aliphatic heterocycles. The molecule has 4 atom stereocenters. The minimum atomic E-state index is 0.669. The normalized spacial score (nSPS) is 27.9. The van der Waals surface area contributed by atoms with Crippen LogP contribution in [0.2, 0.25) is 0 Å². The molecule has 2 aliphatic rings. The predicted molar refractivity (Wildman–Crippen MR) is 119 cm³/mol. The molecule has 2 saturated carbocycles. The first-order valence-electron chi connectivity index (χ1n) is 11.8. The maximum Gasteiger partial charge on any atom is 0.0480 e. The first-order valence-corrected chi connectivity index (χ1v) is 11.8. The second kappa shape index (κ2) is 13.1. The third-order valence-electron chi connectivity index (χ3n) is 7.00. The summed E-state index contributed by atoms with van der Waals surface area (Å²) in [6.45, 7) is 6.65. The minimum Gasteiger partial charge on any atom is -0.387 e. The molecule has 0 bridgehead atoms. The van der Waals surface area contributed by atoms with Crippen LogP contribution in [-0.2, 0) is 0 Å². The second-order valence-corrected chi connectivity index (χ2v) is 9.06. The van der Waals surface area contributed by atoms with Crippen molar-refractivity contribution in [2.24, 2.45) is 23.7 Å². The fourth-order valence-corrected chi connectivity index (χ4v) is 5.42. The van der Waals surface area contributed by atoms with Crippen molar-refractivity contribution in [2.45, 2.75) is 96.8 Å². The summed E-state index contributed by atoms with van der Waals surface area (Å²) in [6.07, 6.45) is 24.0. The van der Waals surface area contributed by atoms with Gasteiger partial charge in [-0.2, -0.15) is 0 Å². The lowest BCUT2D eigenvalue weighted by Crippen LogP contribution is -2.27. The summed E-state index contributed by atoms with van der Waals surface area (Å²) in [6, 6.07) is 0. The molecule has 0 aromatic rings. The fraction of sp³-hybridized carbons (Fsp3) is 0.769. The van der Waals surface area contributed by atoms with Gasteiger partial charge < -0.3 is 5.32 Å². The SMILES string of the molecule is C=C(C=C=C=CNC)C1CCC[C@@H]([C@@H]2CCC[C@H](CCCCCCC)C2)C1. The van der Waals surface area contributed by atoms with Crippen LogP contribution in [-0.4, -0.2) is 7.05 Å². The van der Waals surface area contributed by atoms with E-state index in [9.17, 15) is 0 Å². The van der Waals surface area contributed by atoms with Gasteiger partial charge in [0, 0.05) is 13.2 Å². The molecule has 1 unspecified atom stereocenters. The van der Waals surface area contributed by atoms with E-state index >= 15 is 0 Å². The minimum absolute atomic E-state index is 0.669. The van der Waals surface area contributed by atoms with Gasteiger partial charge >= 0.3 is 0 Å². The molecule has 0 amide bonds. The van der Waals surface area contributed by atoms with Gasteiger partial charge in [-0.05, 0) is 54.6 Å². The van der Waals surface area contributed by atoms with Crippen molar-refractivity contribution < 1.29 is 0 Å². The largest absolute Gasteiger partial charge is 0.387 e. The maximum atomic E-state index is 4.34. The van der Waals surface area contributed by atoms with Crippen LogP contribution in [0.4, 0.5) is 0 Å². The van der Waals surface area contributed by atoms with Crippen LogP contribution in [0.3, 0.4) is 0 Å². The number of nitrogens with one attached hydrogen (secondary N) is 1. The Labute approximate surface area is 169 Å². The van der Waals surface area contributed by atoms with Gasteiger partial charge in [-0.1, -0.05) is 95.6 Å². The molecule has 0 heterocycles. The Kier molecular flexibility index (Phi) is 10.7. The van der Waals surface area contributed by atoms with Crippen LogP contribution < -0.4 is 5.32 Å². The average Bonchev–Trinajstić information content (AvgIpc) is 2.71. The molecule has 1 N–H and O–H groups in total. The molecule has 1 heteroatoms. The highest BCUT2D eigenvalue weighted by molar-refractivity contribution is 5.18. The van der Waals surface area contributed by atoms with E-state index in [0.29, 0.717) is 5.92 Å². The molecule has 0 saturated heterocycles. The highest BCUT2D eigenvalue weighted by atomic mass is 14.8. The molecular weight excluding hydrogens is 326 g/mol. The summed E-state index contributed by atoms with van der Waals surface area (Å²) in [5.74, 6) is 3.61. The van der Waals surface area contributed by atoms with Gasteiger partial charge in [0.15, 0.2) is 0 Å². The summed E-state index contributed by atoms with van der Waals surface area (Å²) in [5.41, 5.74) is 7.41. The van der Waals surface area contributed by atoms with E-state index in [4.69, 9.17) is 0 Å². The molecule has 152 valence electrons. The van der Waals surface area contributed by atoms with Crippen LogP contribution in [0.5, 0.6) is 0 Å². The van der Waals surface area contributed by atoms with E-state index in [1.54, 1.807) is 6.20 Å². The number of hydrogen-bond donors (Lipinski definition) is 1. The molecule has 0 aromatic heterocycles. The Balaban J connectivity index is 1.79. The zero-order chi connectivity index (χ0) is 19.3. The molecule has 0 aromatic carbocycles. The number of allylic oxidation sites excluding steroid dienone is 2. The van der Waals surface area contributed by atoms with Crippen LogP contribution in [0.1, 0.15) is 96.8 Å². The Morgan fingerprint density at radius 3 is 2.48 bits per heavy atom. The van der Waals surface area contributed by atoms with Gasteiger partial charge in [0.05, 0.1) is 0 Å². The smallest absolute Gasteiger partial charge is 0.0480 e. The summed E-state index contributed by atoms with van der Waals surface area (Å²) in [5, 5.41) is 2.95. The molecule has 27 heavy (non-hydrogen) atoms. The highest BCUT2D eigenvalue weighted by Gasteiger charge is 2.32. The lowest BCUT2D eigenvalue weighted by atomic mass is 9.66. The van der Waals surface area contributed by atoms with Gasteiger partial charge in [0.1, 0.15) is 0 Å². The van der Waals surface area contributed by atoms with Crippen molar-refractivity contribution in [1.29, 1.82) is 0 Å². The van der Waals surface area contributed by atoms with Crippen LogP contribution in [0.15, 0.2) is 35.9 Å². The maximum absolute atomic E-state index is 4.34. The lowest BCUT2D eigenvalue weighted by Gasteiger charge is -2.39. The number of rotatable bonds is 10. The molecule has 2 rings (SSSR count). The van der Waals surface area contributed by atoms with E-state index in [2.05, 4.69) is 36.4 Å². The third kappa shape index (κ3) is 8.16. The van der Waals surface area contributed by atoms with Crippen LogP contribution in [0.25, 0.3) is 0 Å². The molecule has 1 nitrogen and oxygen atoms in total. The van der Waals surface area contributed by atoms with E-state index < -0.39 is 0 Å². The standard InChI is InChI=1S/C26H43N/c1-4-5-6-7-8-14-23-15-11-17-25(20-23)26-18-12-16-24(21-26)22(2)13-9-10-19-27-3/h13,19,23-27H,2,4-8,11-12,14-18,20-21H2,1,3H3/t23-,24?,25+,26+/m0/s1. The van der Waals surface area contributed by atoms with Gasteiger partial charge in [0.2, 0.25) is 0 Å². The monoisotopic (exact) mass is 369 g/mol. The van der Waals surface area contributed by atoms with Crippen molar-refractivity contribution in [3.63, 3.8) is 0 Å². The third-order valence-corrected chi connectivity index (χ3v) is 7.00. The van der Waals surface area contributed by atoms with E-state index in [-0.39, 0.29) is 0 Å². The molecule has 2 fully saturated rings. The summed E-state index contributed by atoms with van der Waals surface area (Å²) in [7, 11) is 1.89. The Bertz CT molecular complexity index is 518. The quantitative estimate of drug-likeness (QED) is 0.238. The first kappa shape index (κ1) is 22.1. The first-order chi connectivity index (χ1) is 13.2. The van der Waals surface area contributed by atoms with Crippen molar-refractivity contribution in [1.82, 2.24) is 5.32 Å². The van der Waals surface area contributed by atoms with E-state index in [1.165, 1.54) is 95.5 Å². The summed E-state index contributed by atoms with van der Waals surface area (Å²) >= 11 is 0. The average molecular weight is 370 g/mol. The summed E-state index contributed by atoms with van der Waals surface area (Å²) in [4.78, 5) is 0. The van der Waals surface area contributed by atoms with Gasteiger partial charge in [-0.25, -0.2) is 0 Å². The molecular formula is C26H43N. The molecule has 0 radical (unpaired) electrons. The fourth-order valence-electron chi connectivity index (χ4n) is 5.42. The van der Waals surface area contributed by atoms with Crippen LogP contribution >= 0.6 is 0 Å². The zero-order valence-corrected chi connectivity index (χ0v) is 18.1. The van der Waals surface area contributed by atoms with Crippen molar-refractivity contribution in [2.75, 3.05) is 7.05 Å². The van der Waals surface area contributed by atoms with E-state index in [1.807, 2.05) is 7.05 Å². The molecule has 0 spiro atoms. The number of unbranched alkanes of at least 4 members (excludes halogenated alkanes) is 4. The van der Waals surface area contributed by atoms with Crippen molar-refractivity contribution in [3.05, 3.63) is 35.9 Å². The lowest BCUT2D eigenvalue weighted by molar-refractivity contribution is 0.138.